The maximum absolute atomic E-state index is 11.2. The topological polar surface area (TPSA) is 66.4 Å². The van der Waals surface area contributed by atoms with Crippen molar-refractivity contribution in [3.63, 3.8) is 0 Å². The predicted octanol–water partition coefficient (Wildman–Crippen LogP) is 3.66. The molecule has 0 saturated heterocycles. The second-order valence-electron chi connectivity index (χ2n) is 4.48. The number of hydrogen-bond acceptors (Lipinski definition) is 2. The van der Waals surface area contributed by atoms with E-state index in [-0.39, 0.29) is 0 Å². The van der Waals surface area contributed by atoms with Crippen LogP contribution in [0.25, 0.3) is 0 Å². The van der Waals surface area contributed by atoms with Gasteiger partial charge in [-0.1, -0.05) is 17.7 Å². The van der Waals surface area contributed by atoms with Crippen molar-refractivity contribution in [2.24, 2.45) is 0 Å². The molecule has 1 aromatic carbocycles. The third kappa shape index (κ3) is 3.01. The van der Waals surface area contributed by atoms with E-state index in [0.29, 0.717) is 35.3 Å². The Morgan fingerprint density at radius 3 is 2.56 bits per heavy atom. The average Bonchev–Trinajstić information content (AvgIpc) is 2.32. The Labute approximate surface area is 110 Å². The van der Waals surface area contributed by atoms with Crippen LogP contribution in [-0.2, 0) is 4.79 Å². The lowest BCUT2D eigenvalue weighted by atomic mass is 9.83. The van der Waals surface area contributed by atoms with Crippen LogP contribution < -0.4 is 5.32 Å². The van der Waals surface area contributed by atoms with Gasteiger partial charge in [0.15, 0.2) is 0 Å². The molecule has 5 heteroatoms. The van der Waals surface area contributed by atoms with Gasteiger partial charge in [0.2, 0.25) is 0 Å². The van der Waals surface area contributed by atoms with Crippen LogP contribution in [0.1, 0.15) is 37.2 Å². The van der Waals surface area contributed by atoms with E-state index in [1.54, 1.807) is 12.1 Å². The predicted molar refractivity (Wildman–Crippen MR) is 69.3 cm³/mol. The molecule has 1 aromatic rings. The summed E-state index contributed by atoms with van der Waals surface area (Å²) in [5.41, 5.74) is 1.46. The standard InChI is InChI=1S/C13H14ClNO3/c14-11-7-9(3-6-12(11)15-13(17)18)8-1-4-10(16)5-2-8/h3,6-8,15H,1-2,4-5H2,(H,17,18). The molecular formula is C13H14ClNO3. The van der Waals surface area contributed by atoms with Crippen LogP contribution in [0.4, 0.5) is 10.5 Å². The Balaban J connectivity index is 2.13. The number of hydrogen-bond donors (Lipinski definition) is 2. The highest BCUT2D eigenvalue weighted by Gasteiger charge is 2.20. The molecule has 1 aliphatic carbocycles. The number of Topliss-reactive ketones (excluding diaryl/α,β-unsaturated/α-hetero) is 1. The number of nitrogens with one attached hydrogen (secondary N) is 1. The summed E-state index contributed by atoms with van der Waals surface area (Å²) in [5.74, 6) is 0.667. The van der Waals surface area contributed by atoms with E-state index >= 15 is 0 Å². The van der Waals surface area contributed by atoms with Crippen molar-refractivity contribution in [1.29, 1.82) is 0 Å². The maximum atomic E-state index is 11.2. The molecule has 18 heavy (non-hydrogen) atoms. The van der Waals surface area contributed by atoms with Crippen molar-refractivity contribution < 1.29 is 14.7 Å². The summed E-state index contributed by atoms with van der Waals surface area (Å²) in [4.78, 5) is 21.7. The molecule has 4 nitrogen and oxygen atoms in total. The number of carboxylic acid groups (broad SMARTS) is 1. The minimum absolute atomic E-state index is 0.321. The van der Waals surface area contributed by atoms with Gasteiger partial charge in [0.05, 0.1) is 10.7 Å². The van der Waals surface area contributed by atoms with Gasteiger partial charge in [-0.3, -0.25) is 10.1 Å². The molecule has 2 rings (SSSR count). The zero-order valence-electron chi connectivity index (χ0n) is 9.78. The summed E-state index contributed by atoms with van der Waals surface area (Å²) < 4.78 is 0. The van der Waals surface area contributed by atoms with Gasteiger partial charge in [0.25, 0.3) is 0 Å². The van der Waals surface area contributed by atoms with Gasteiger partial charge in [-0.2, -0.15) is 0 Å². The lowest BCUT2D eigenvalue weighted by Gasteiger charge is -2.21. The van der Waals surface area contributed by atoms with E-state index in [9.17, 15) is 9.59 Å². The number of benzene rings is 1. The third-order valence-corrected chi connectivity index (χ3v) is 3.56. The lowest BCUT2D eigenvalue weighted by Crippen LogP contribution is -2.13. The van der Waals surface area contributed by atoms with Crippen molar-refractivity contribution in [2.45, 2.75) is 31.6 Å². The number of ketones is 1. The summed E-state index contributed by atoms with van der Waals surface area (Å²) in [5, 5.41) is 11.3. The highest BCUT2D eigenvalue weighted by Crippen LogP contribution is 2.34. The molecule has 0 bridgehead atoms. The Morgan fingerprint density at radius 2 is 2.00 bits per heavy atom. The van der Waals surface area contributed by atoms with Crippen molar-refractivity contribution >= 4 is 29.2 Å². The Bertz CT molecular complexity index is 477. The quantitative estimate of drug-likeness (QED) is 0.859. The Hall–Kier alpha value is -1.55. The van der Waals surface area contributed by atoms with Gasteiger partial charge in [-0.15, -0.1) is 0 Å². The number of halogens is 1. The van der Waals surface area contributed by atoms with E-state index in [1.165, 1.54) is 0 Å². The minimum Gasteiger partial charge on any atom is -0.465 e. The van der Waals surface area contributed by atoms with Crippen molar-refractivity contribution in [2.75, 3.05) is 5.32 Å². The summed E-state index contributed by atoms with van der Waals surface area (Å²) in [6, 6.07) is 5.33. The number of rotatable bonds is 2. The van der Waals surface area contributed by atoms with E-state index in [0.717, 1.165) is 18.4 Å². The normalized spacial score (nSPS) is 16.6. The maximum Gasteiger partial charge on any atom is 0.409 e. The van der Waals surface area contributed by atoms with Crippen LogP contribution in [0.3, 0.4) is 0 Å². The van der Waals surface area contributed by atoms with E-state index in [2.05, 4.69) is 5.32 Å². The summed E-state index contributed by atoms with van der Waals surface area (Å²) in [6.07, 6.45) is 1.81. The molecule has 0 unspecified atom stereocenters. The number of anilines is 1. The monoisotopic (exact) mass is 267 g/mol. The number of amides is 1. The van der Waals surface area contributed by atoms with Gasteiger partial charge < -0.3 is 5.11 Å². The van der Waals surface area contributed by atoms with Crippen LogP contribution in [0.15, 0.2) is 18.2 Å². The Kier molecular flexibility index (Phi) is 3.87. The molecule has 1 amide bonds. The molecule has 0 radical (unpaired) electrons. The SMILES string of the molecule is O=C1CCC(c2ccc(NC(=O)O)c(Cl)c2)CC1. The lowest BCUT2D eigenvalue weighted by molar-refractivity contribution is -0.120. The molecule has 0 spiro atoms. The highest BCUT2D eigenvalue weighted by atomic mass is 35.5. The van der Waals surface area contributed by atoms with Gasteiger partial charge >= 0.3 is 6.09 Å². The molecule has 1 saturated carbocycles. The molecule has 1 fully saturated rings. The van der Waals surface area contributed by atoms with Crippen LogP contribution >= 0.6 is 11.6 Å². The fourth-order valence-electron chi connectivity index (χ4n) is 2.27. The molecule has 2 N–H and O–H groups in total. The second kappa shape index (κ2) is 5.40. The zero-order chi connectivity index (χ0) is 13.1. The van der Waals surface area contributed by atoms with Gasteiger partial charge in [0.1, 0.15) is 5.78 Å². The van der Waals surface area contributed by atoms with E-state index in [4.69, 9.17) is 16.7 Å². The fraction of sp³-hybridized carbons (Fsp3) is 0.385. The average molecular weight is 268 g/mol. The fourth-order valence-corrected chi connectivity index (χ4v) is 2.51. The first-order chi connectivity index (χ1) is 8.56. The van der Waals surface area contributed by atoms with E-state index < -0.39 is 6.09 Å². The first-order valence-corrected chi connectivity index (χ1v) is 6.25. The van der Waals surface area contributed by atoms with Crippen molar-refractivity contribution in [3.8, 4) is 0 Å². The molecule has 0 heterocycles. The first kappa shape index (κ1) is 12.9. The molecular weight excluding hydrogens is 254 g/mol. The van der Waals surface area contributed by atoms with Crippen molar-refractivity contribution in [1.82, 2.24) is 0 Å². The van der Waals surface area contributed by atoms with Crippen molar-refractivity contribution in [3.05, 3.63) is 28.8 Å². The number of carbonyl (C=O) groups is 2. The highest BCUT2D eigenvalue weighted by molar-refractivity contribution is 6.33. The van der Waals surface area contributed by atoms with Crippen LogP contribution in [-0.4, -0.2) is 17.0 Å². The second-order valence-corrected chi connectivity index (χ2v) is 4.89. The van der Waals surface area contributed by atoms with Gasteiger partial charge in [-0.05, 0) is 36.5 Å². The van der Waals surface area contributed by atoms with Crippen LogP contribution in [0.5, 0.6) is 0 Å². The minimum atomic E-state index is -1.13. The summed E-state index contributed by atoms with van der Waals surface area (Å²) in [7, 11) is 0. The number of carbonyl (C=O) groups excluding carboxylic acids is 1. The van der Waals surface area contributed by atoms with Crippen LogP contribution in [0.2, 0.25) is 5.02 Å². The summed E-state index contributed by atoms with van der Waals surface area (Å²) >= 11 is 6.03. The molecule has 0 atom stereocenters. The summed E-state index contributed by atoms with van der Waals surface area (Å²) in [6.45, 7) is 0. The largest absolute Gasteiger partial charge is 0.465 e. The molecule has 0 aromatic heterocycles. The molecule has 1 aliphatic rings. The van der Waals surface area contributed by atoms with Gasteiger partial charge in [0, 0.05) is 12.8 Å². The molecule has 0 aliphatic heterocycles. The smallest absolute Gasteiger partial charge is 0.409 e. The third-order valence-electron chi connectivity index (χ3n) is 3.25. The molecule has 96 valence electrons. The van der Waals surface area contributed by atoms with E-state index in [1.807, 2.05) is 6.07 Å². The van der Waals surface area contributed by atoms with Crippen LogP contribution in [0, 0.1) is 0 Å². The zero-order valence-corrected chi connectivity index (χ0v) is 10.5. The Morgan fingerprint density at radius 1 is 1.33 bits per heavy atom. The van der Waals surface area contributed by atoms with Gasteiger partial charge in [-0.25, -0.2) is 4.79 Å². The first-order valence-electron chi connectivity index (χ1n) is 5.87.